The van der Waals surface area contributed by atoms with Crippen LogP contribution in [0, 0.1) is 6.92 Å². The van der Waals surface area contributed by atoms with Crippen molar-refractivity contribution < 1.29 is 9.21 Å². The van der Waals surface area contributed by atoms with E-state index >= 15 is 0 Å². The second-order valence-electron chi connectivity index (χ2n) is 6.03. The number of likely N-dealkylation sites (tertiary alicyclic amines) is 1. The number of furan rings is 1. The van der Waals surface area contributed by atoms with Gasteiger partial charge in [-0.05, 0) is 58.3 Å². The number of carbonyl (C=O) groups is 1. The Kier molecular flexibility index (Phi) is 10.6. The van der Waals surface area contributed by atoms with Crippen molar-refractivity contribution in [3.63, 3.8) is 0 Å². The molecule has 0 aromatic carbocycles. The predicted octanol–water partition coefficient (Wildman–Crippen LogP) is 2.81. The Labute approximate surface area is 151 Å². The Hall–Kier alpha value is -0.750. The van der Waals surface area contributed by atoms with Gasteiger partial charge in [-0.25, -0.2) is 0 Å². The summed E-state index contributed by atoms with van der Waals surface area (Å²) in [7, 11) is 0. The van der Waals surface area contributed by atoms with Gasteiger partial charge in [-0.2, -0.15) is 0 Å². The summed E-state index contributed by atoms with van der Waals surface area (Å²) in [5.41, 5.74) is 5.69. The molecule has 2 rings (SSSR count). The van der Waals surface area contributed by atoms with Gasteiger partial charge in [0.25, 0.3) is 0 Å². The van der Waals surface area contributed by atoms with Gasteiger partial charge in [-0.15, -0.1) is 24.8 Å². The van der Waals surface area contributed by atoms with Crippen LogP contribution >= 0.6 is 24.8 Å². The highest BCUT2D eigenvalue weighted by Crippen LogP contribution is 2.26. The summed E-state index contributed by atoms with van der Waals surface area (Å²) in [4.78, 5) is 14.3. The third kappa shape index (κ3) is 7.12. The maximum atomic E-state index is 11.9. The zero-order valence-electron chi connectivity index (χ0n) is 13.9. The molecule has 7 heteroatoms. The number of hydrogen-bond donors (Lipinski definition) is 2. The lowest BCUT2D eigenvalue weighted by Gasteiger charge is -2.26. The second-order valence-corrected chi connectivity index (χ2v) is 6.03. The van der Waals surface area contributed by atoms with E-state index < -0.39 is 0 Å². The van der Waals surface area contributed by atoms with Crippen molar-refractivity contribution in [3.8, 4) is 0 Å². The minimum absolute atomic E-state index is 0. The lowest BCUT2D eigenvalue weighted by molar-refractivity contribution is -0.121. The van der Waals surface area contributed by atoms with Gasteiger partial charge in [0, 0.05) is 19.0 Å². The Morgan fingerprint density at radius 1 is 1.35 bits per heavy atom. The van der Waals surface area contributed by atoms with Crippen LogP contribution in [-0.4, -0.2) is 36.5 Å². The fourth-order valence-corrected chi connectivity index (χ4v) is 2.75. The van der Waals surface area contributed by atoms with Gasteiger partial charge in [-0.1, -0.05) is 0 Å². The van der Waals surface area contributed by atoms with Crippen LogP contribution in [0.2, 0.25) is 0 Å². The number of nitrogens with zero attached hydrogens (tertiary/aromatic N) is 1. The van der Waals surface area contributed by atoms with Crippen LogP contribution in [0.25, 0.3) is 0 Å². The number of nitrogens with one attached hydrogen (secondary N) is 1. The molecule has 1 aliphatic rings. The third-order valence-corrected chi connectivity index (χ3v) is 3.99. The quantitative estimate of drug-likeness (QED) is 0.779. The van der Waals surface area contributed by atoms with E-state index in [-0.39, 0.29) is 42.8 Å². The minimum atomic E-state index is 0. The van der Waals surface area contributed by atoms with Gasteiger partial charge < -0.3 is 15.5 Å². The van der Waals surface area contributed by atoms with Crippen molar-refractivity contribution in [2.75, 3.05) is 19.6 Å². The Morgan fingerprint density at radius 3 is 2.52 bits per heavy atom. The summed E-state index contributed by atoms with van der Waals surface area (Å²) in [6, 6.07) is 4.21. The molecule has 0 spiro atoms. The Balaban J connectivity index is 0.00000242. The van der Waals surface area contributed by atoms with E-state index in [9.17, 15) is 4.79 Å². The van der Waals surface area contributed by atoms with Crippen molar-refractivity contribution in [2.24, 2.45) is 5.73 Å². The molecule has 2 heterocycles. The van der Waals surface area contributed by atoms with Gasteiger partial charge in [0.2, 0.25) is 5.91 Å². The van der Waals surface area contributed by atoms with E-state index in [0.717, 1.165) is 31.0 Å². The Morgan fingerprint density at radius 2 is 2.00 bits per heavy atom. The first-order chi connectivity index (χ1) is 10.1. The molecule has 134 valence electrons. The van der Waals surface area contributed by atoms with Gasteiger partial charge in [0.15, 0.2) is 0 Å². The number of aryl methyl sites for hydroxylation is 1. The van der Waals surface area contributed by atoms with Crippen LogP contribution < -0.4 is 11.1 Å². The molecule has 0 saturated carbocycles. The SMILES string of the molecule is Cc1ccc(C(CNC(=O)CCC(C)N)N2CCCC2)o1.Cl.Cl. The van der Waals surface area contributed by atoms with Crippen molar-refractivity contribution in [2.45, 2.75) is 51.6 Å². The van der Waals surface area contributed by atoms with Crippen LogP contribution in [0.3, 0.4) is 0 Å². The van der Waals surface area contributed by atoms with Gasteiger partial charge in [0.05, 0.1) is 6.04 Å². The molecule has 0 radical (unpaired) electrons. The molecule has 0 bridgehead atoms. The zero-order chi connectivity index (χ0) is 15.2. The van der Waals surface area contributed by atoms with Crippen LogP contribution in [0.15, 0.2) is 16.5 Å². The number of rotatable bonds is 7. The van der Waals surface area contributed by atoms with Crippen molar-refractivity contribution >= 4 is 30.7 Å². The van der Waals surface area contributed by atoms with Gasteiger partial charge in [0.1, 0.15) is 11.5 Å². The molecule has 0 aliphatic carbocycles. The summed E-state index contributed by atoms with van der Waals surface area (Å²) in [5, 5.41) is 3.03. The largest absolute Gasteiger partial charge is 0.465 e. The molecule has 3 N–H and O–H groups in total. The predicted molar refractivity (Wildman–Crippen MR) is 97.4 cm³/mol. The molecule has 1 aliphatic heterocycles. The summed E-state index contributed by atoms with van der Waals surface area (Å²) >= 11 is 0. The summed E-state index contributed by atoms with van der Waals surface area (Å²) in [5.74, 6) is 1.93. The maximum absolute atomic E-state index is 11.9. The van der Waals surface area contributed by atoms with E-state index in [2.05, 4.69) is 10.2 Å². The van der Waals surface area contributed by atoms with E-state index in [4.69, 9.17) is 10.2 Å². The average molecular weight is 366 g/mol. The number of hydrogen-bond acceptors (Lipinski definition) is 4. The monoisotopic (exact) mass is 365 g/mol. The first-order valence-electron chi connectivity index (χ1n) is 7.89. The lowest BCUT2D eigenvalue weighted by atomic mass is 10.1. The molecule has 1 fully saturated rings. The fraction of sp³-hybridized carbons (Fsp3) is 0.688. The fourth-order valence-electron chi connectivity index (χ4n) is 2.75. The standard InChI is InChI=1S/C16H27N3O2.2ClH/c1-12(17)5-8-16(20)18-11-14(19-9-3-4-10-19)15-7-6-13(2)21-15;;/h6-7,12,14H,3-5,8-11,17H2,1-2H3,(H,18,20);2*1H. The molecular formula is C16H29Cl2N3O2. The lowest BCUT2D eigenvalue weighted by Crippen LogP contribution is -2.37. The van der Waals surface area contributed by atoms with Crippen LogP contribution in [0.4, 0.5) is 0 Å². The van der Waals surface area contributed by atoms with Crippen LogP contribution in [-0.2, 0) is 4.79 Å². The molecule has 1 amide bonds. The van der Waals surface area contributed by atoms with E-state index in [1.165, 1.54) is 12.8 Å². The van der Waals surface area contributed by atoms with E-state index in [0.29, 0.717) is 13.0 Å². The first kappa shape index (κ1) is 22.2. The molecule has 5 nitrogen and oxygen atoms in total. The molecule has 1 aromatic heterocycles. The highest BCUT2D eigenvalue weighted by Gasteiger charge is 2.26. The highest BCUT2D eigenvalue weighted by molar-refractivity contribution is 5.85. The number of amides is 1. The number of carbonyl (C=O) groups excluding carboxylic acids is 1. The molecule has 2 atom stereocenters. The molecule has 1 saturated heterocycles. The smallest absolute Gasteiger partial charge is 0.220 e. The summed E-state index contributed by atoms with van der Waals surface area (Å²) in [6.07, 6.45) is 3.64. The summed E-state index contributed by atoms with van der Waals surface area (Å²) in [6.45, 7) is 6.61. The molecule has 23 heavy (non-hydrogen) atoms. The summed E-state index contributed by atoms with van der Waals surface area (Å²) < 4.78 is 5.78. The van der Waals surface area contributed by atoms with Crippen LogP contribution in [0.1, 0.15) is 50.2 Å². The van der Waals surface area contributed by atoms with Crippen LogP contribution in [0.5, 0.6) is 0 Å². The minimum Gasteiger partial charge on any atom is -0.465 e. The van der Waals surface area contributed by atoms with E-state index in [1.807, 2.05) is 26.0 Å². The van der Waals surface area contributed by atoms with Crippen molar-refractivity contribution in [1.29, 1.82) is 0 Å². The average Bonchev–Trinajstić information content (AvgIpc) is 3.09. The number of nitrogens with two attached hydrogens (primary N) is 1. The highest BCUT2D eigenvalue weighted by atomic mass is 35.5. The molecule has 2 unspecified atom stereocenters. The van der Waals surface area contributed by atoms with Crippen molar-refractivity contribution in [3.05, 3.63) is 23.7 Å². The third-order valence-electron chi connectivity index (χ3n) is 3.99. The van der Waals surface area contributed by atoms with Crippen molar-refractivity contribution in [1.82, 2.24) is 10.2 Å². The normalized spacial score (nSPS) is 17.0. The Bertz CT molecular complexity index is 460. The molecule has 1 aromatic rings. The zero-order valence-corrected chi connectivity index (χ0v) is 15.5. The number of halogens is 2. The van der Waals surface area contributed by atoms with E-state index in [1.54, 1.807) is 0 Å². The first-order valence-corrected chi connectivity index (χ1v) is 7.89. The second kappa shape index (κ2) is 10.9. The maximum Gasteiger partial charge on any atom is 0.220 e. The molecular weight excluding hydrogens is 337 g/mol. The van der Waals surface area contributed by atoms with Gasteiger partial charge in [-0.3, -0.25) is 9.69 Å². The van der Waals surface area contributed by atoms with Gasteiger partial charge >= 0.3 is 0 Å². The topological polar surface area (TPSA) is 71.5 Å².